The molecule has 2 aliphatic heterocycles. The number of likely N-dealkylation sites (tertiary alicyclic amines) is 1. The SMILES string of the molecule is CC1=C(/C=C\CN)CN(C2CCN(C(C)C)CC2)CC1.CCCC. The molecule has 0 aromatic heterocycles. The maximum Gasteiger partial charge on any atom is 0.0236 e. The van der Waals surface area contributed by atoms with Crippen LogP contribution in [0.3, 0.4) is 0 Å². The fraction of sp³-hybridized carbons (Fsp3) is 0.810. The summed E-state index contributed by atoms with van der Waals surface area (Å²) in [6, 6.07) is 1.47. The lowest BCUT2D eigenvalue weighted by atomic mass is 9.95. The van der Waals surface area contributed by atoms with Gasteiger partial charge < -0.3 is 10.6 Å². The normalized spacial score (nSPS) is 21.5. The van der Waals surface area contributed by atoms with Gasteiger partial charge in [-0.05, 0) is 58.7 Å². The maximum absolute atomic E-state index is 5.58. The first-order valence-electron chi connectivity index (χ1n) is 10.1. The van der Waals surface area contributed by atoms with Gasteiger partial charge in [-0.3, -0.25) is 4.90 Å². The largest absolute Gasteiger partial charge is 0.327 e. The Hall–Kier alpha value is -0.640. The van der Waals surface area contributed by atoms with Crippen LogP contribution in [0.5, 0.6) is 0 Å². The van der Waals surface area contributed by atoms with Gasteiger partial charge in [0.2, 0.25) is 0 Å². The molecule has 140 valence electrons. The number of rotatable bonds is 5. The summed E-state index contributed by atoms with van der Waals surface area (Å²) in [7, 11) is 0. The summed E-state index contributed by atoms with van der Waals surface area (Å²) in [4.78, 5) is 5.30. The van der Waals surface area contributed by atoms with Crippen LogP contribution in [-0.2, 0) is 0 Å². The van der Waals surface area contributed by atoms with Crippen molar-refractivity contribution in [2.45, 2.75) is 78.8 Å². The van der Waals surface area contributed by atoms with Gasteiger partial charge in [-0.1, -0.05) is 44.4 Å². The summed E-state index contributed by atoms with van der Waals surface area (Å²) >= 11 is 0. The van der Waals surface area contributed by atoms with Crippen molar-refractivity contribution in [2.24, 2.45) is 5.73 Å². The maximum atomic E-state index is 5.58. The zero-order chi connectivity index (χ0) is 17.9. The molecule has 0 radical (unpaired) electrons. The summed E-state index contributed by atoms with van der Waals surface area (Å²) in [5.41, 5.74) is 8.62. The molecule has 0 atom stereocenters. The van der Waals surface area contributed by atoms with Crippen molar-refractivity contribution in [1.82, 2.24) is 9.80 Å². The number of nitrogens with zero attached hydrogens (tertiary/aromatic N) is 2. The van der Waals surface area contributed by atoms with Gasteiger partial charge in [-0.25, -0.2) is 0 Å². The fourth-order valence-electron chi connectivity index (χ4n) is 3.39. The van der Waals surface area contributed by atoms with Gasteiger partial charge in [0.1, 0.15) is 0 Å². The number of unbranched alkanes of at least 4 members (excludes halogenated alkanes) is 1. The van der Waals surface area contributed by atoms with Crippen molar-refractivity contribution in [3.8, 4) is 0 Å². The Labute approximate surface area is 151 Å². The van der Waals surface area contributed by atoms with Gasteiger partial charge in [-0.15, -0.1) is 0 Å². The smallest absolute Gasteiger partial charge is 0.0236 e. The van der Waals surface area contributed by atoms with Gasteiger partial charge in [0.05, 0.1) is 0 Å². The van der Waals surface area contributed by atoms with Gasteiger partial charge >= 0.3 is 0 Å². The van der Waals surface area contributed by atoms with Crippen molar-refractivity contribution in [3.05, 3.63) is 23.3 Å². The summed E-state index contributed by atoms with van der Waals surface area (Å²) in [6.45, 7) is 16.8. The minimum Gasteiger partial charge on any atom is -0.327 e. The molecule has 1 saturated heterocycles. The highest BCUT2D eigenvalue weighted by Crippen LogP contribution is 2.25. The van der Waals surface area contributed by atoms with Crippen LogP contribution < -0.4 is 5.73 Å². The van der Waals surface area contributed by atoms with E-state index in [1.54, 1.807) is 5.57 Å². The lowest BCUT2D eigenvalue weighted by Crippen LogP contribution is -2.48. The fourth-order valence-corrected chi connectivity index (χ4v) is 3.39. The Morgan fingerprint density at radius 3 is 2.25 bits per heavy atom. The predicted molar refractivity (Wildman–Crippen MR) is 107 cm³/mol. The van der Waals surface area contributed by atoms with Crippen molar-refractivity contribution in [3.63, 3.8) is 0 Å². The van der Waals surface area contributed by atoms with E-state index in [-0.39, 0.29) is 0 Å². The molecule has 0 amide bonds. The minimum atomic E-state index is 0.642. The number of nitrogens with two attached hydrogens (primary N) is 1. The van der Waals surface area contributed by atoms with E-state index in [0.717, 1.165) is 12.6 Å². The molecule has 1 fully saturated rings. The zero-order valence-corrected chi connectivity index (χ0v) is 16.9. The van der Waals surface area contributed by atoms with E-state index in [1.165, 1.54) is 57.3 Å². The van der Waals surface area contributed by atoms with Gasteiger partial charge in [0.25, 0.3) is 0 Å². The molecule has 3 heteroatoms. The second kappa shape index (κ2) is 11.8. The molecule has 2 N–H and O–H groups in total. The molecule has 0 unspecified atom stereocenters. The molecule has 0 aliphatic carbocycles. The highest BCUT2D eigenvalue weighted by atomic mass is 15.2. The van der Waals surface area contributed by atoms with Crippen LogP contribution in [0.1, 0.15) is 66.7 Å². The van der Waals surface area contributed by atoms with Gasteiger partial charge in [-0.2, -0.15) is 0 Å². The molecule has 2 heterocycles. The van der Waals surface area contributed by atoms with Gasteiger partial charge in [0.15, 0.2) is 0 Å². The summed E-state index contributed by atoms with van der Waals surface area (Å²) in [6.07, 6.45) is 10.8. The molecule has 2 rings (SSSR count). The zero-order valence-electron chi connectivity index (χ0n) is 16.9. The molecule has 0 saturated carbocycles. The number of hydrogen-bond acceptors (Lipinski definition) is 3. The molecule has 24 heavy (non-hydrogen) atoms. The van der Waals surface area contributed by atoms with Crippen molar-refractivity contribution in [1.29, 1.82) is 0 Å². The number of piperidine rings is 1. The van der Waals surface area contributed by atoms with Crippen LogP contribution >= 0.6 is 0 Å². The molecule has 2 aliphatic rings. The van der Waals surface area contributed by atoms with Crippen LogP contribution in [0, 0.1) is 0 Å². The molecule has 0 bridgehead atoms. The first-order valence-corrected chi connectivity index (χ1v) is 10.1. The standard InChI is InChI=1S/C17H31N3.C4H10/c1-14(2)19-11-7-17(8-12-19)20-10-6-15(3)16(13-20)5-4-9-18;1-3-4-2/h4-5,14,17H,6-13,18H2,1-3H3;3-4H2,1-2H3/b5-4-;. The lowest BCUT2D eigenvalue weighted by molar-refractivity contribution is 0.0957. The lowest BCUT2D eigenvalue weighted by Gasteiger charge is -2.42. The monoisotopic (exact) mass is 335 g/mol. The van der Waals surface area contributed by atoms with Crippen molar-refractivity contribution in [2.75, 3.05) is 32.7 Å². The second-order valence-electron chi connectivity index (χ2n) is 7.53. The number of hydrogen-bond donors (Lipinski definition) is 1. The third kappa shape index (κ3) is 7.08. The van der Waals surface area contributed by atoms with E-state index in [4.69, 9.17) is 5.73 Å². The van der Waals surface area contributed by atoms with Crippen LogP contribution in [0.2, 0.25) is 0 Å². The van der Waals surface area contributed by atoms with E-state index in [9.17, 15) is 0 Å². The molecule has 3 nitrogen and oxygen atoms in total. The van der Waals surface area contributed by atoms with Crippen molar-refractivity contribution < 1.29 is 0 Å². The van der Waals surface area contributed by atoms with E-state index < -0.39 is 0 Å². The highest BCUT2D eigenvalue weighted by Gasteiger charge is 2.27. The van der Waals surface area contributed by atoms with E-state index in [1.807, 2.05) is 0 Å². The molecule has 0 aromatic rings. The Morgan fingerprint density at radius 2 is 1.75 bits per heavy atom. The molecular formula is C21H41N3. The molecule has 0 spiro atoms. The van der Waals surface area contributed by atoms with E-state index in [2.05, 4.69) is 56.6 Å². The predicted octanol–water partition coefficient (Wildman–Crippen LogP) is 4.20. The third-order valence-electron chi connectivity index (χ3n) is 5.40. The average Bonchev–Trinajstić information content (AvgIpc) is 2.61. The Balaban J connectivity index is 0.000000648. The van der Waals surface area contributed by atoms with E-state index in [0.29, 0.717) is 12.6 Å². The van der Waals surface area contributed by atoms with Crippen LogP contribution in [0.15, 0.2) is 23.3 Å². The molecule has 0 aromatic carbocycles. The van der Waals surface area contributed by atoms with Crippen LogP contribution in [0.25, 0.3) is 0 Å². The second-order valence-corrected chi connectivity index (χ2v) is 7.53. The Kier molecular flexibility index (Phi) is 10.6. The summed E-state index contributed by atoms with van der Waals surface area (Å²) in [5.74, 6) is 0. The van der Waals surface area contributed by atoms with Crippen LogP contribution in [0.4, 0.5) is 0 Å². The Bertz CT molecular complexity index is 388. The van der Waals surface area contributed by atoms with Crippen molar-refractivity contribution >= 4 is 0 Å². The Morgan fingerprint density at radius 1 is 1.12 bits per heavy atom. The highest BCUT2D eigenvalue weighted by molar-refractivity contribution is 5.28. The van der Waals surface area contributed by atoms with E-state index >= 15 is 0 Å². The first kappa shape index (κ1) is 21.4. The minimum absolute atomic E-state index is 0.642. The van der Waals surface area contributed by atoms with Crippen LogP contribution in [-0.4, -0.2) is 54.6 Å². The summed E-state index contributed by atoms with van der Waals surface area (Å²) < 4.78 is 0. The average molecular weight is 336 g/mol. The first-order chi connectivity index (χ1) is 11.5. The summed E-state index contributed by atoms with van der Waals surface area (Å²) in [5, 5.41) is 0. The topological polar surface area (TPSA) is 32.5 Å². The third-order valence-corrected chi connectivity index (χ3v) is 5.40. The molecular weight excluding hydrogens is 294 g/mol. The quantitative estimate of drug-likeness (QED) is 0.817. The van der Waals surface area contributed by atoms with Gasteiger partial charge in [0, 0.05) is 31.7 Å².